The molecule has 1 fully saturated rings. The van der Waals surface area contributed by atoms with Gasteiger partial charge >= 0.3 is 0 Å². The average Bonchev–Trinajstić information content (AvgIpc) is 3.16. The first-order valence-electron chi connectivity index (χ1n) is 11.0. The summed E-state index contributed by atoms with van der Waals surface area (Å²) in [5.74, 6) is 2.14. The second-order valence-corrected chi connectivity index (χ2v) is 9.43. The highest BCUT2D eigenvalue weighted by atomic mass is 32.2. The lowest BCUT2D eigenvalue weighted by Gasteiger charge is -2.37. The van der Waals surface area contributed by atoms with Crippen molar-refractivity contribution in [2.45, 2.75) is 62.7 Å². The van der Waals surface area contributed by atoms with E-state index in [-0.39, 0.29) is 18.1 Å². The third kappa shape index (κ3) is 5.63. The van der Waals surface area contributed by atoms with Gasteiger partial charge in [-0.2, -0.15) is 5.10 Å². The predicted molar refractivity (Wildman–Crippen MR) is 130 cm³/mol. The zero-order valence-electron chi connectivity index (χ0n) is 19.2. The predicted octanol–water partition coefficient (Wildman–Crippen LogP) is 4.02. The van der Waals surface area contributed by atoms with Crippen molar-refractivity contribution in [3.8, 4) is 0 Å². The molecule has 0 spiro atoms. The maximum Gasteiger partial charge on any atom is 0.221 e. The van der Waals surface area contributed by atoms with Crippen LogP contribution in [0.3, 0.4) is 0 Å². The molecule has 174 valence electrons. The molecule has 1 aromatic carbocycles. The highest BCUT2D eigenvalue weighted by Gasteiger charge is 2.28. The normalized spacial score (nSPS) is 18.3. The second-order valence-electron chi connectivity index (χ2n) is 8.39. The molecule has 4 N–H and O–H groups in total. The quantitative estimate of drug-likeness (QED) is 0.402. The van der Waals surface area contributed by atoms with Gasteiger partial charge in [0.15, 0.2) is 11.0 Å². The van der Waals surface area contributed by atoms with Crippen molar-refractivity contribution in [3.63, 3.8) is 0 Å². The summed E-state index contributed by atoms with van der Waals surface area (Å²) in [5.41, 5.74) is 2.63. The van der Waals surface area contributed by atoms with Crippen LogP contribution in [-0.2, 0) is 4.79 Å². The molecule has 9 nitrogen and oxygen atoms in total. The van der Waals surface area contributed by atoms with Gasteiger partial charge in [0.1, 0.15) is 11.6 Å². The van der Waals surface area contributed by atoms with Crippen molar-refractivity contribution < 1.29 is 9.90 Å². The molecule has 33 heavy (non-hydrogen) atoms. The summed E-state index contributed by atoms with van der Waals surface area (Å²) < 4.78 is 0. The molecule has 2 aromatic heterocycles. The number of aliphatic hydroxyl groups excluding tert-OH is 1. The number of nitrogens with one attached hydrogen (secondary N) is 3. The molecule has 4 rings (SSSR count). The van der Waals surface area contributed by atoms with Crippen molar-refractivity contribution in [2.75, 3.05) is 22.1 Å². The van der Waals surface area contributed by atoms with Crippen LogP contribution in [0.4, 0.5) is 23.1 Å². The number of hydrogen-bond acceptors (Lipinski definition) is 8. The average molecular weight is 468 g/mol. The number of rotatable bonds is 6. The van der Waals surface area contributed by atoms with Crippen LogP contribution < -0.4 is 15.5 Å². The van der Waals surface area contributed by atoms with E-state index in [9.17, 15) is 9.90 Å². The molecular weight excluding hydrogens is 438 g/mol. The molecule has 0 bridgehead atoms. The number of H-pyrrole nitrogens is 1. The Labute approximate surface area is 197 Å². The number of aromatic amines is 1. The Kier molecular flexibility index (Phi) is 6.85. The molecule has 3 aromatic rings. The lowest BCUT2D eigenvalue weighted by molar-refractivity contribution is -0.114. The van der Waals surface area contributed by atoms with Crippen LogP contribution in [-0.4, -0.2) is 49.9 Å². The Morgan fingerprint density at radius 3 is 2.64 bits per heavy atom. The number of piperidine rings is 1. The number of benzene rings is 1. The van der Waals surface area contributed by atoms with Gasteiger partial charge in [0.25, 0.3) is 0 Å². The monoisotopic (exact) mass is 467 g/mol. The van der Waals surface area contributed by atoms with Crippen molar-refractivity contribution in [1.29, 1.82) is 0 Å². The molecule has 0 saturated carbocycles. The van der Waals surface area contributed by atoms with Crippen LogP contribution in [0.25, 0.3) is 0 Å². The number of nitrogens with zero attached hydrogens (tertiary/aromatic N) is 4. The van der Waals surface area contributed by atoms with Gasteiger partial charge in [-0.1, -0.05) is 0 Å². The minimum Gasteiger partial charge on any atom is -0.393 e. The van der Waals surface area contributed by atoms with Gasteiger partial charge in [-0.25, -0.2) is 9.97 Å². The van der Waals surface area contributed by atoms with Crippen molar-refractivity contribution in [2.24, 2.45) is 0 Å². The lowest BCUT2D eigenvalue weighted by atomic mass is 10.0. The summed E-state index contributed by atoms with van der Waals surface area (Å²) in [5, 5.41) is 24.0. The topological polar surface area (TPSA) is 119 Å². The largest absolute Gasteiger partial charge is 0.393 e. The van der Waals surface area contributed by atoms with E-state index < -0.39 is 0 Å². The van der Waals surface area contributed by atoms with Crippen LogP contribution in [0.15, 0.2) is 40.4 Å². The van der Waals surface area contributed by atoms with Crippen molar-refractivity contribution in [1.82, 2.24) is 20.2 Å². The highest BCUT2D eigenvalue weighted by molar-refractivity contribution is 7.99. The SMILES string of the molecule is CC(=O)Nc1ccc(Sc2nc(Nc3cc(C)[nH]n3)c(C)c(N3CCC(O)CC3C)n2)cc1. The maximum atomic E-state index is 11.3. The number of carbonyl (C=O) groups is 1. The first-order valence-corrected chi connectivity index (χ1v) is 11.8. The molecular formula is C23H29N7O2S. The molecule has 10 heteroatoms. The van der Waals surface area contributed by atoms with Crippen LogP contribution in [0.2, 0.25) is 0 Å². The highest BCUT2D eigenvalue weighted by Crippen LogP contribution is 2.35. The van der Waals surface area contributed by atoms with Gasteiger partial charge in [0, 0.05) is 47.4 Å². The summed E-state index contributed by atoms with van der Waals surface area (Å²) in [4.78, 5) is 24.2. The summed E-state index contributed by atoms with van der Waals surface area (Å²) in [6.07, 6.45) is 1.14. The number of anilines is 4. The van der Waals surface area contributed by atoms with Gasteiger partial charge in [0.05, 0.1) is 6.10 Å². The number of aliphatic hydroxyl groups is 1. The fourth-order valence-corrected chi connectivity index (χ4v) is 4.66. The summed E-state index contributed by atoms with van der Waals surface area (Å²) in [7, 11) is 0. The fourth-order valence-electron chi connectivity index (χ4n) is 3.91. The standard InChI is InChI=1S/C23H29N7O2S/c1-13-11-20(29-28-13)25-21-15(3)22(30-10-9-18(32)12-14(30)2)27-23(26-21)33-19-7-5-17(6-8-19)24-16(4)31/h5-8,11,14,18,32H,9-10,12H2,1-4H3,(H,24,31)(H2,25,26,27,28,29). The Morgan fingerprint density at radius 1 is 1.24 bits per heavy atom. The molecule has 2 atom stereocenters. The third-order valence-corrected chi connectivity index (χ3v) is 6.43. The fraction of sp³-hybridized carbons (Fsp3) is 0.391. The van der Waals surface area contributed by atoms with E-state index >= 15 is 0 Å². The van der Waals surface area contributed by atoms with E-state index in [1.807, 2.05) is 44.2 Å². The first kappa shape index (κ1) is 23.1. The minimum atomic E-state index is -0.279. The minimum absolute atomic E-state index is 0.105. The summed E-state index contributed by atoms with van der Waals surface area (Å²) in [6.45, 7) is 8.29. The second kappa shape index (κ2) is 9.80. The van der Waals surface area contributed by atoms with E-state index in [1.165, 1.54) is 18.7 Å². The Balaban J connectivity index is 1.66. The number of amides is 1. The smallest absolute Gasteiger partial charge is 0.221 e. The lowest BCUT2D eigenvalue weighted by Crippen LogP contribution is -2.43. The number of aromatic nitrogens is 4. The zero-order chi connectivity index (χ0) is 23.5. The van der Waals surface area contributed by atoms with Gasteiger partial charge in [-0.3, -0.25) is 9.89 Å². The zero-order valence-corrected chi connectivity index (χ0v) is 20.0. The molecule has 1 saturated heterocycles. The Bertz CT molecular complexity index is 1130. The van der Waals surface area contributed by atoms with E-state index in [0.29, 0.717) is 29.6 Å². The molecule has 0 radical (unpaired) electrons. The van der Waals surface area contributed by atoms with E-state index in [4.69, 9.17) is 9.97 Å². The van der Waals surface area contributed by atoms with Crippen molar-refractivity contribution >= 4 is 40.8 Å². The molecule has 0 aliphatic carbocycles. The molecule has 1 aliphatic rings. The van der Waals surface area contributed by atoms with Gasteiger partial charge in [-0.05, 0) is 69.6 Å². The van der Waals surface area contributed by atoms with Gasteiger partial charge in [-0.15, -0.1) is 0 Å². The van der Waals surface area contributed by atoms with Crippen LogP contribution in [0.5, 0.6) is 0 Å². The molecule has 3 heterocycles. The van der Waals surface area contributed by atoms with Crippen LogP contribution >= 0.6 is 11.8 Å². The molecule has 1 amide bonds. The Morgan fingerprint density at radius 2 is 2.00 bits per heavy atom. The van der Waals surface area contributed by atoms with E-state index in [0.717, 1.165) is 34.2 Å². The van der Waals surface area contributed by atoms with Crippen molar-refractivity contribution in [3.05, 3.63) is 41.6 Å². The molecule has 2 unspecified atom stereocenters. The number of carbonyl (C=O) groups excluding carboxylic acids is 1. The maximum absolute atomic E-state index is 11.3. The summed E-state index contributed by atoms with van der Waals surface area (Å²) in [6, 6.07) is 9.68. The van der Waals surface area contributed by atoms with E-state index in [2.05, 4.69) is 32.7 Å². The summed E-state index contributed by atoms with van der Waals surface area (Å²) >= 11 is 1.45. The molecule has 1 aliphatic heterocycles. The third-order valence-electron chi connectivity index (χ3n) is 5.56. The van der Waals surface area contributed by atoms with Crippen LogP contribution in [0, 0.1) is 13.8 Å². The van der Waals surface area contributed by atoms with Gasteiger partial charge in [0.2, 0.25) is 5.91 Å². The number of aryl methyl sites for hydroxylation is 1. The van der Waals surface area contributed by atoms with Crippen LogP contribution in [0.1, 0.15) is 37.9 Å². The first-order chi connectivity index (χ1) is 15.8. The van der Waals surface area contributed by atoms with Gasteiger partial charge < -0.3 is 20.6 Å². The Hall–Kier alpha value is -3.11. The van der Waals surface area contributed by atoms with E-state index in [1.54, 1.807) is 0 Å². The number of hydrogen-bond donors (Lipinski definition) is 4.